The van der Waals surface area contributed by atoms with Crippen LogP contribution < -0.4 is 0 Å². The highest BCUT2D eigenvalue weighted by atomic mass is 15.2. The van der Waals surface area contributed by atoms with E-state index in [9.17, 15) is 0 Å². The van der Waals surface area contributed by atoms with Gasteiger partial charge >= 0.3 is 0 Å². The molecule has 140 valence electrons. The summed E-state index contributed by atoms with van der Waals surface area (Å²) in [7, 11) is 0. The van der Waals surface area contributed by atoms with Gasteiger partial charge in [-0.25, -0.2) is 0 Å². The standard InChI is InChI=1S/C23H28N4/c1-16-10-20(11-17(2)26-16)12-19-6-5-9-27(15-19)18(3)22-13-23-21(14-25-22)7-4-8-24-23/h4,7-8,10-11,13-14,18-19H,5-6,9,12,15H2,1-3H3. The summed E-state index contributed by atoms with van der Waals surface area (Å²) in [4.78, 5) is 16.3. The Morgan fingerprint density at radius 1 is 1.15 bits per heavy atom. The fourth-order valence-electron chi connectivity index (χ4n) is 4.38. The number of aromatic nitrogens is 3. The van der Waals surface area contributed by atoms with Crippen LogP contribution in [0.1, 0.15) is 48.5 Å². The summed E-state index contributed by atoms with van der Waals surface area (Å²) < 4.78 is 0. The third-order valence-corrected chi connectivity index (χ3v) is 5.70. The highest BCUT2D eigenvalue weighted by Gasteiger charge is 2.25. The number of likely N-dealkylation sites (tertiary alicyclic amines) is 1. The van der Waals surface area contributed by atoms with E-state index in [2.05, 4.69) is 59.9 Å². The summed E-state index contributed by atoms with van der Waals surface area (Å²) in [6.07, 6.45) is 7.50. The number of rotatable bonds is 4. The monoisotopic (exact) mass is 360 g/mol. The first kappa shape index (κ1) is 18.1. The molecule has 27 heavy (non-hydrogen) atoms. The molecule has 4 nitrogen and oxygen atoms in total. The Labute approximate surface area is 161 Å². The van der Waals surface area contributed by atoms with E-state index in [0.717, 1.165) is 47.5 Å². The van der Waals surface area contributed by atoms with Crippen LogP contribution in [0.25, 0.3) is 10.9 Å². The van der Waals surface area contributed by atoms with Gasteiger partial charge in [0, 0.05) is 41.8 Å². The third kappa shape index (κ3) is 4.16. The van der Waals surface area contributed by atoms with Crippen molar-refractivity contribution in [2.45, 2.75) is 46.1 Å². The lowest BCUT2D eigenvalue weighted by atomic mass is 9.90. The lowest BCUT2D eigenvalue weighted by Gasteiger charge is -2.36. The SMILES string of the molecule is Cc1cc(CC2CCCN(C(C)c3cc4ncccc4cn3)C2)cc(C)n1. The van der Waals surface area contributed by atoms with Gasteiger partial charge in [-0.2, -0.15) is 0 Å². The molecule has 4 heterocycles. The second kappa shape index (κ2) is 7.73. The van der Waals surface area contributed by atoms with Crippen molar-refractivity contribution in [2.75, 3.05) is 13.1 Å². The summed E-state index contributed by atoms with van der Waals surface area (Å²) in [5.41, 5.74) is 5.83. The fraction of sp³-hybridized carbons (Fsp3) is 0.435. The number of piperidine rings is 1. The van der Waals surface area contributed by atoms with Gasteiger partial charge in [0.25, 0.3) is 0 Å². The first-order valence-corrected chi connectivity index (χ1v) is 9.97. The molecule has 1 aliphatic rings. The van der Waals surface area contributed by atoms with Crippen LogP contribution in [0.3, 0.4) is 0 Å². The van der Waals surface area contributed by atoms with Crippen molar-refractivity contribution in [1.82, 2.24) is 19.9 Å². The van der Waals surface area contributed by atoms with Crippen molar-refractivity contribution in [1.29, 1.82) is 0 Å². The Kier molecular flexibility index (Phi) is 5.17. The number of fused-ring (bicyclic) bond motifs is 1. The Morgan fingerprint density at radius 3 is 2.78 bits per heavy atom. The predicted molar refractivity (Wildman–Crippen MR) is 110 cm³/mol. The number of nitrogens with zero attached hydrogens (tertiary/aromatic N) is 4. The summed E-state index contributed by atoms with van der Waals surface area (Å²) >= 11 is 0. The quantitative estimate of drug-likeness (QED) is 0.679. The molecule has 0 amide bonds. The largest absolute Gasteiger partial charge is 0.295 e. The van der Waals surface area contributed by atoms with Crippen LogP contribution in [0.15, 0.2) is 42.7 Å². The zero-order chi connectivity index (χ0) is 18.8. The number of hydrogen-bond acceptors (Lipinski definition) is 4. The molecule has 0 spiro atoms. The van der Waals surface area contributed by atoms with Crippen LogP contribution in [0.2, 0.25) is 0 Å². The maximum atomic E-state index is 4.72. The van der Waals surface area contributed by atoms with Gasteiger partial charge in [-0.15, -0.1) is 0 Å². The van der Waals surface area contributed by atoms with Gasteiger partial charge in [-0.1, -0.05) is 0 Å². The number of pyridine rings is 3. The predicted octanol–water partition coefficient (Wildman–Crippen LogP) is 4.66. The maximum Gasteiger partial charge on any atom is 0.0736 e. The molecule has 4 rings (SSSR count). The van der Waals surface area contributed by atoms with Gasteiger partial charge in [-0.3, -0.25) is 19.9 Å². The second-order valence-electron chi connectivity index (χ2n) is 7.95. The Balaban J connectivity index is 1.48. The molecule has 0 bridgehead atoms. The first-order chi connectivity index (χ1) is 13.1. The molecule has 0 saturated carbocycles. The van der Waals surface area contributed by atoms with Crippen molar-refractivity contribution in [3.8, 4) is 0 Å². The average molecular weight is 361 g/mol. The molecule has 2 atom stereocenters. The lowest BCUT2D eigenvalue weighted by Crippen LogP contribution is -2.38. The molecule has 2 unspecified atom stereocenters. The van der Waals surface area contributed by atoms with Gasteiger partial charge < -0.3 is 0 Å². The maximum absolute atomic E-state index is 4.72. The van der Waals surface area contributed by atoms with Crippen LogP contribution in [-0.2, 0) is 6.42 Å². The molecule has 3 aromatic rings. The van der Waals surface area contributed by atoms with Gasteiger partial charge in [0.2, 0.25) is 0 Å². The van der Waals surface area contributed by atoms with E-state index in [-0.39, 0.29) is 0 Å². The molecular formula is C23H28N4. The highest BCUT2D eigenvalue weighted by Crippen LogP contribution is 2.28. The minimum atomic E-state index is 0.320. The third-order valence-electron chi connectivity index (χ3n) is 5.70. The van der Waals surface area contributed by atoms with Crippen molar-refractivity contribution in [3.63, 3.8) is 0 Å². The topological polar surface area (TPSA) is 41.9 Å². The fourth-order valence-corrected chi connectivity index (χ4v) is 4.38. The molecule has 0 aromatic carbocycles. The smallest absolute Gasteiger partial charge is 0.0736 e. The van der Waals surface area contributed by atoms with Gasteiger partial charge in [0.05, 0.1) is 11.2 Å². The van der Waals surface area contributed by atoms with Crippen LogP contribution in [0.4, 0.5) is 0 Å². The van der Waals surface area contributed by atoms with E-state index in [1.54, 1.807) is 0 Å². The Bertz CT molecular complexity index is 916. The van der Waals surface area contributed by atoms with Gasteiger partial charge in [-0.05, 0) is 88.4 Å². The Morgan fingerprint density at radius 2 is 1.96 bits per heavy atom. The van der Waals surface area contributed by atoms with E-state index < -0.39 is 0 Å². The first-order valence-electron chi connectivity index (χ1n) is 9.97. The van der Waals surface area contributed by atoms with Crippen molar-refractivity contribution >= 4 is 10.9 Å². The van der Waals surface area contributed by atoms with Crippen molar-refractivity contribution in [3.05, 3.63) is 65.4 Å². The summed E-state index contributed by atoms with van der Waals surface area (Å²) in [5.74, 6) is 0.695. The Hall–Kier alpha value is -2.33. The van der Waals surface area contributed by atoms with Gasteiger partial charge in [0.1, 0.15) is 0 Å². The molecule has 0 radical (unpaired) electrons. The molecule has 0 N–H and O–H groups in total. The lowest BCUT2D eigenvalue weighted by molar-refractivity contribution is 0.129. The zero-order valence-electron chi connectivity index (χ0n) is 16.5. The van der Waals surface area contributed by atoms with E-state index in [1.165, 1.54) is 18.4 Å². The van der Waals surface area contributed by atoms with Crippen LogP contribution in [0, 0.1) is 19.8 Å². The minimum absolute atomic E-state index is 0.320. The number of aryl methyl sites for hydroxylation is 2. The molecule has 3 aromatic heterocycles. The summed E-state index contributed by atoms with van der Waals surface area (Å²) in [6, 6.07) is 11.0. The van der Waals surface area contributed by atoms with Crippen molar-refractivity contribution in [2.24, 2.45) is 5.92 Å². The second-order valence-corrected chi connectivity index (χ2v) is 7.95. The molecular weight excluding hydrogens is 332 g/mol. The summed E-state index contributed by atoms with van der Waals surface area (Å²) in [6.45, 7) is 8.73. The van der Waals surface area contributed by atoms with Gasteiger partial charge in [0.15, 0.2) is 0 Å². The molecule has 1 aliphatic heterocycles. The molecule has 0 aliphatic carbocycles. The van der Waals surface area contributed by atoms with Crippen LogP contribution in [0.5, 0.6) is 0 Å². The minimum Gasteiger partial charge on any atom is -0.295 e. The highest BCUT2D eigenvalue weighted by molar-refractivity contribution is 5.77. The average Bonchev–Trinajstić information content (AvgIpc) is 2.66. The number of hydrogen-bond donors (Lipinski definition) is 0. The van der Waals surface area contributed by atoms with E-state index in [1.807, 2.05) is 18.5 Å². The van der Waals surface area contributed by atoms with E-state index in [0.29, 0.717) is 12.0 Å². The zero-order valence-corrected chi connectivity index (χ0v) is 16.5. The van der Waals surface area contributed by atoms with E-state index in [4.69, 9.17) is 4.98 Å². The van der Waals surface area contributed by atoms with Crippen molar-refractivity contribution < 1.29 is 0 Å². The van der Waals surface area contributed by atoms with Crippen LogP contribution in [-0.4, -0.2) is 32.9 Å². The molecule has 4 heteroatoms. The summed E-state index contributed by atoms with van der Waals surface area (Å²) in [5, 5.41) is 1.10. The van der Waals surface area contributed by atoms with E-state index >= 15 is 0 Å². The molecule has 1 saturated heterocycles. The normalized spacial score (nSPS) is 19.3. The molecule has 1 fully saturated rings. The van der Waals surface area contributed by atoms with Crippen LogP contribution >= 0.6 is 0 Å².